The van der Waals surface area contributed by atoms with Gasteiger partial charge in [0, 0.05) is 17.4 Å². The van der Waals surface area contributed by atoms with E-state index in [1.54, 1.807) is 6.92 Å². The molecule has 27 heavy (non-hydrogen) atoms. The van der Waals surface area contributed by atoms with E-state index in [1.165, 1.54) is 30.4 Å². The maximum Gasteiger partial charge on any atom is 0.440 e. The highest BCUT2D eigenvalue weighted by Gasteiger charge is 2.76. The van der Waals surface area contributed by atoms with E-state index >= 15 is 0 Å². The topological polar surface area (TPSA) is 44.7 Å². The molecule has 0 bridgehead atoms. The van der Waals surface area contributed by atoms with Gasteiger partial charge >= 0.3 is 18.0 Å². The molecule has 0 radical (unpaired) electrons. The molecule has 0 spiro atoms. The Morgan fingerprint density at radius 3 is 2.15 bits per heavy atom. The van der Waals surface area contributed by atoms with E-state index in [2.05, 4.69) is 4.99 Å². The number of benzene rings is 1. The number of hydrogen-bond donors (Lipinski definition) is 1. The van der Waals surface area contributed by atoms with E-state index in [9.17, 15) is 31.1 Å². The third-order valence-corrected chi connectivity index (χ3v) is 4.87. The van der Waals surface area contributed by atoms with Gasteiger partial charge in [-0.25, -0.2) is 0 Å². The van der Waals surface area contributed by atoms with Crippen LogP contribution in [0.15, 0.2) is 35.3 Å². The molecule has 1 aliphatic rings. The molecular formula is C16H17F6N3OS. The number of rotatable bonds is 4. The number of hydrogen-bond acceptors (Lipinski definition) is 4. The Labute approximate surface area is 156 Å². The van der Waals surface area contributed by atoms with Crippen molar-refractivity contribution < 1.29 is 31.1 Å². The minimum Gasteiger partial charge on any atom is -0.318 e. The Morgan fingerprint density at radius 1 is 1.19 bits per heavy atom. The Hall–Kier alpha value is -1.91. The second kappa shape index (κ2) is 7.61. The van der Waals surface area contributed by atoms with Gasteiger partial charge in [-0.2, -0.15) is 26.3 Å². The van der Waals surface area contributed by atoms with Crippen molar-refractivity contribution >= 4 is 28.5 Å². The van der Waals surface area contributed by atoms with Crippen LogP contribution in [0.2, 0.25) is 0 Å². The molecule has 1 aromatic rings. The molecule has 1 amide bonds. The van der Waals surface area contributed by atoms with Crippen LogP contribution in [0, 0.1) is 0 Å². The highest BCUT2D eigenvalue weighted by molar-refractivity contribution is 8.15. The fourth-order valence-corrected chi connectivity index (χ4v) is 3.52. The lowest BCUT2D eigenvalue weighted by atomic mass is 10.1. The molecule has 1 N–H and O–H groups in total. The fourth-order valence-electron chi connectivity index (χ4n) is 2.51. The summed E-state index contributed by atoms with van der Waals surface area (Å²) < 4.78 is 84.1. The predicted octanol–water partition coefficient (Wildman–Crippen LogP) is 4.33. The number of carbonyl (C=O) groups is 1. The van der Waals surface area contributed by atoms with E-state index in [1.807, 2.05) is 0 Å². The number of thioether (sulfide) groups is 1. The third kappa shape index (κ3) is 4.02. The van der Waals surface area contributed by atoms with Crippen LogP contribution in [0.4, 0.5) is 32.0 Å². The van der Waals surface area contributed by atoms with Crippen molar-refractivity contribution in [3.05, 3.63) is 30.3 Å². The molecule has 0 fully saturated rings. The highest BCUT2D eigenvalue weighted by Crippen LogP contribution is 2.49. The second-order valence-electron chi connectivity index (χ2n) is 5.83. The van der Waals surface area contributed by atoms with Crippen LogP contribution >= 0.6 is 11.8 Å². The van der Waals surface area contributed by atoms with Gasteiger partial charge in [-0.15, -0.1) is 0 Å². The Bertz CT molecular complexity index is 690. The van der Waals surface area contributed by atoms with Crippen molar-refractivity contribution in [3.63, 3.8) is 0 Å². The van der Waals surface area contributed by atoms with Crippen molar-refractivity contribution in [2.75, 3.05) is 11.4 Å². The first-order chi connectivity index (χ1) is 12.4. The average Bonchev–Trinajstić information content (AvgIpc) is 2.98. The Morgan fingerprint density at radius 2 is 1.74 bits per heavy atom. The zero-order valence-corrected chi connectivity index (χ0v) is 15.2. The quantitative estimate of drug-likeness (QED) is 0.590. The summed E-state index contributed by atoms with van der Waals surface area (Å²) in [5.41, 5.74) is -5.03. The van der Waals surface area contributed by atoms with E-state index in [-0.39, 0.29) is 22.4 Å². The maximum atomic E-state index is 14.0. The molecular weight excluding hydrogens is 396 g/mol. The van der Waals surface area contributed by atoms with Crippen LogP contribution in [0.25, 0.3) is 0 Å². The van der Waals surface area contributed by atoms with Gasteiger partial charge in [0.05, 0.1) is 6.54 Å². The van der Waals surface area contributed by atoms with Crippen LogP contribution in [-0.4, -0.2) is 40.9 Å². The number of nitrogens with zero attached hydrogens (tertiary/aromatic N) is 2. The van der Waals surface area contributed by atoms with Gasteiger partial charge in [0.25, 0.3) is 0 Å². The van der Waals surface area contributed by atoms with Crippen molar-refractivity contribution in [3.8, 4) is 0 Å². The molecule has 11 heteroatoms. The lowest BCUT2D eigenvalue weighted by molar-refractivity contribution is -0.302. The Kier molecular flexibility index (Phi) is 6.03. The molecule has 150 valence electrons. The SMILES string of the molecule is CCC(=O)NC(N(C1=NCC(C)S1)c1ccccc1)(C(F)(F)F)C(F)(F)F. The maximum absolute atomic E-state index is 14.0. The van der Waals surface area contributed by atoms with Gasteiger partial charge < -0.3 is 5.32 Å². The molecule has 1 atom stereocenters. The smallest absolute Gasteiger partial charge is 0.318 e. The van der Waals surface area contributed by atoms with Gasteiger partial charge in [0.1, 0.15) is 0 Å². The molecule has 2 rings (SSSR count). The summed E-state index contributed by atoms with van der Waals surface area (Å²) in [5, 5.41) is 0.436. The van der Waals surface area contributed by atoms with Crippen molar-refractivity contribution in [1.29, 1.82) is 0 Å². The van der Waals surface area contributed by atoms with Crippen molar-refractivity contribution in [2.45, 2.75) is 43.5 Å². The second-order valence-corrected chi connectivity index (χ2v) is 7.24. The van der Waals surface area contributed by atoms with Crippen molar-refractivity contribution in [2.24, 2.45) is 4.99 Å². The number of anilines is 1. The van der Waals surface area contributed by atoms with Gasteiger partial charge in [0.2, 0.25) is 5.91 Å². The summed E-state index contributed by atoms with van der Waals surface area (Å²) in [5.74, 6) is -1.39. The molecule has 0 aromatic heterocycles. The zero-order chi connectivity index (χ0) is 20.5. The van der Waals surface area contributed by atoms with Crippen molar-refractivity contribution in [1.82, 2.24) is 5.32 Å². The molecule has 1 aliphatic heterocycles. The molecule has 0 aliphatic carbocycles. The monoisotopic (exact) mass is 413 g/mol. The molecule has 4 nitrogen and oxygen atoms in total. The number of amides is 1. The molecule has 1 aromatic carbocycles. The lowest BCUT2D eigenvalue weighted by Gasteiger charge is -2.46. The first kappa shape index (κ1) is 21.4. The van der Waals surface area contributed by atoms with Crippen LogP contribution in [0.3, 0.4) is 0 Å². The standard InChI is InChI=1S/C16H17F6N3OS/c1-3-12(26)24-14(15(17,18)19,16(20,21)22)25(11-7-5-4-6-8-11)13-23-9-10(2)27-13/h4-8,10H,3,9H2,1-2H3,(H,24,26). The van der Waals surface area contributed by atoms with Gasteiger partial charge in [0.15, 0.2) is 5.17 Å². The number of alkyl halides is 6. The van der Waals surface area contributed by atoms with Crippen LogP contribution in [0.1, 0.15) is 20.3 Å². The summed E-state index contributed by atoms with van der Waals surface area (Å²) in [6.07, 6.45) is -12.3. The highest BCUT2D eigenvalue weighted by atomic mass is 32.2. The van der Waals surface area contributed by atoms with E-state index < -0.39 is 35.5 Å². The number of amidine groups is 1. The number of halogens is 6. The summed E-state index contributed by atoms with van der Waals surface area (Å²) in [6.45, 7) is 2.87. The minimum absolute atomic E-state index is 0.0364. The van der Waals surface area contributed by atoms with E-state index in [0.717, 1.165) is 23.9 Å². The number of aliphatic imine (C=N–C) groups is 1. The fraction of sp³-hybridized carbons (Fsp3) is 0.500. The Balaban J connectivity index is 2.78. The van der Waals surface area contributed by atoms with E-state index in [0.29, 0.717) is 0 Å². The first-order valence-corrected chi connectivity index (χ1v) is 8.83. The lowest BCUT2D eigenvalue weighted by Crippen LogP contribution is -2.77. The first-order valence-electron chi connectivity index (χ1n) is 7.95. The summed E-state index contributed by atoms with van der Waals surface area (Å²) in [4.78, 5) is 15.7. The zero-order valence-electron chi connectivity index (χ0n) is 14.4. The molecule has 1 heterocycles. The summed E-state index contributed by atoms with van der Waals surface area (Å²) in [6, 6.07) is 6.30. The molecule has 0 saturated carbocycles. The normalized spacial score (nSPS) is 18.2. The van der Waals surface area contributed by atoms with Crippen LogP contribution in [-0.2, 0) is 4.79 Å². The summed E-state index contributed by atoms with van der Waals surface area (Å²) >= 11 is 0.787. The third-order valence-electron chi connectivity index (χ3n) is 3.79. The number of nitrogens with one attached hydrogen (secondary N) is 1. The minimum atomic E-state index is -5.87. The largest absolute Gasteiger partial charge is 0.440 e. The molecule has 0 saturated heterocycles. The van der Waals surface area contributed by atoms with Gasteiger partial charge in [-0.05, 0) is 12.1 Å². The van der Waals surface area contributed by atoms with Crippen LogP contribution in [0.5, 0.6) is 0 Å². The van der Waals surface area contributed by atoms with Gasteiger partial charge in [-0.3, -0.25) is 14.7 Å². The predicted molar refractivity (Wildman–Crippen MR) is 91.6 cm³/mol. The summed E-state index contributed by atoms with van der Waals surface area (Å²) in [7, 11) is 0. The molecule has 1 unspecified atom stereocenters. The number of para-hydroxylation sites is 1. The van der Waals surface area contributed by atoms with E-state index in [4.69, 9.17) is 0 Å². The average molecular weight is 413 g/mol. The van der Waals surface area contributed by atoms with Gasteiger partial charge in [-0.1, -0.05) is 43.8 Å². The van der Waals surface area contributed by atoms with Crippen LogP contribution < -0.4 is 10.2 Å². The number of carbonyl (C=O) groups excluding carboxylic acids is 1.